The van der Waals surface area contributed by atoms with Crippen LogP contribution < -0.4 is 5.43 Å². The van der Waals surface area contributed by atoms with E-state index in [2.05, 4.69) is 15.6 Å². The molecule has 1 saturated heterocycles. The van der Waals surface area contributed by atoms with E-state index in [4.69, 9.17) is 0 Å². The maximum atomic E-state index is 12.9. The molecule has 35 heavy (non-hydrogen) atoms. The third-order valence-electron chi connectivity index (χ3n) is 6.09. The van der Waals surface area contributed by atoms with Crippen LogP contribution in [0.1, 0.15) is 22.5 Å². The van der Waals surface area contributed by atoms with Crippen molar-refractivity contribution in [3.8, 4) is 5.69 Å². The van der Waals surface area contributed by atoms with Crippen molar-refractivity contribution in [1.29, 1.82) is 0 Å². The van der Waals surface area contributed by atoms with E-state index in [1.54, 1.807) is 30.5 Å². The molecular formula is C25H30N6O3S. The van der Waals surface area contributed by atoms with E-state index in [-0.39, 0.29) is 12.5 Å². The third kappa shape index (κ3) is 5.67. The predicted molar refractivity (Wildman–Crippen MR) is 135 cm³/mol. The van der Waals surface area contributed by atoms with Gasteiger partial charge in [0.2, 0.25) is 10.0 Å². The quantitative estimate of drug-likeness (QED) is 0.401. The Morgan fingerprint density at radius 2 is 1.66 bits per heavy atom. The lowest BCUT2D eigenvalue weighted by Crippen LogP contribution is -2.50. The summed E-state index contributed by atoms with van der Waals surface area (Å²) in [6, 6.07) is 16.7. The summed E-state index contributed by atoms with van der Waals surface area (Å²) in [5, 5.41) is 8.70. The van der Waals surface area contributed by atoms with Crippen molar-refractivity contribution in [2.75, 3.05) is 32.7 Å². The molecule has 3 aromatic rings. The number of aromatic nitrogens is 2. The highest BCUT2D eigenvalue weighted by molar-refractivity contribution is 7.89. The molecule has 0 radical (unpaired) electrons. The average Bonchev–Trinajstić information content (AvgIpc) is 3.13. The molecule has 1 aromatic heterocycles. The fourth-order valence-electron chi connectivity index (χ4n) is 4.06. The average molecular weight is 495 g/mol. The van der Waals surface area contributed by atoms with Crippen LogP contribution in [0.25, 0.3) is 5.69 Å². The van der Waals surface area contributed by atoms with Crippen LogP contribution in [0.5, 0.6) is 0 Å². The number of sulfonamides is 1. The van der Waals surface area contributed by atoms with Crippen molar-refractivity contribution in [1.82, 2.24) is 24.4 Å². The maximum Gasteiger partial charge on any atom is 0.254 e. The van der Waals surface area contributed by atoms with Crippen LogP contribution in [0.2, 0.25) is 0 Å². The summed E-state index contributed by atoms with van der Waals surface area (Å²) in [7, 11) is -3.53. The summed E-state index contributed by atoms with van der Waals surface area (Å²) in [5.41, 5.74) is 7.14. The topological polar surface area (TPSA) is 99.9 Å². The first-order chi connectivity index (χ1) is 16.8. The smallest absolute Gasteiger partial charge is 0.254 e. The highest BCUT2D eigenvalue weighted by atomic mass is 32.2. The Kier molecular flexibility index (Phi) is 7.44. The van der Waals surface area contributed by atoms with Gasteiger partial charge in [0.15, 0.2) is 0 Å². The van der Waals surface area contributed by atoms with Crippen molar-refractivity contribution < 1.29 is 13.2 Å². The van der Waals surface area contributed by atoms with Crippen LogP contribution in [0.3, 0.4) is 0 Å². The minimum absolute atomic E-state index is 0.150. The van der Waals surface area contributed by atoms with E-state index >= 15 is 0 Å². The number of hydrazone groups is 1. The van der Waals surface area contributed by atoms with Crippen LogP contribution in [0.4, 0.5) is 0 Å². The molecule has 0 spiro atoms. The van der Waals surface area contributed by atoms with Crippen LogP contribution in [-0.4, -0.2) is 72.2 Å². The lowest BCUT2D eigenvalue weighted by Gasteiger charge is -2.33. The number of hydrogen-bond donors (Lipinski definition) is 1. The Hall–Kier alpha value is -3.34. The molecule has 184 valence electrons. The number of amides is 1. The molecular weight excluding hydrogens is 464 g/mol. The van der Waals surface area contributed by atoms with E-state index in [0.29, 0.717) is 31.1 Å². The van der Waals surface area contributed by atoms with Gasteiger partial charge < -0.3 is 0 Å². The first-order valence-corrected chi connectivity index (χ1v) is 12.9. The van der Waals surface area contributed by atoms with E-state index in [1.807, 2.05) is 60.7 Å². The summed E-state index contributed by atoms with van der Waals surface area (Å²) < 4.78 is 29.0. The van der Waals surface area contributed by atoms with Crippen molar-refractivity contribution in [2.45, 2.75) is 25.7 Å². The molecule has 0 saturated carbocycles. The number of nitrogens with zero attached hydrogens (tertiary/aromatic N) is 5. The lowest BCUT2D eigenvalue weighted by molar-refractivity contribution is -0.122. The van der Waals surface area contributed by atoms with Gasteiger partial charge in [0.1, 0.15) is 0 Å². The first-order valence-electron chi connectivity index (χ1n) is 11.5. The molecule has 2 heterocycles. The third-order valence-corrected chi connectivity index (χ3v) is 8.00. The Balaban J connectivity index is 1.30. The van der Waals surface area contributed by atoms with Gasteiger partial charge in [-0.2, -0.15) is 14.5 Å². The molecule has 1 fully saturated rings. The number of nitrogens with one attached hydrogen (secondary N) is 1. The highest BCUT2D eigenvalue weighted by Gasteiger charge is 2.29. The zero-order valence-corrected chi connectivity index (χ0v) is 21.0. The van der Waals surface area contributed by atoms with Gasteiger partial charge in [-0.25, -0.2) is 18.5 Å². The molecule has 0 unspecified atom stereocenters. The standard InChI is InChI=1S/C25H30N6O3S/c1-19-9-11-23(12-10-19)35(33,34)30-15-13-29(14-16-30)18-25(32)27-26-17-24-20(2)28-31(21(24)3)22-7-5-4-6-8-22/h4-12,17H,13-16,18H2,1-3H3,(H,27,32). The second-order valence-electron chi connectivity index (χ2n) is 8.62. The Morgan fingerprint density at radius 3 is 2.31 bits per heavy atom. The van der Waals surface area contributed by atoms with E-state index in [9.17, 15) is 13.2 Å². The van der Waals surface area contributed by atoms with Crippen molar-refractivity contribution in [3.63, 3.8) is 0 Å². The number of carbonyl (C=O) groups is 1. The van der Waals surface area contributed by atoms with E-state index < -0.39 is 10.0 Å². The van der Waals surface area contributed by atoms with Gasteiger partial charge in [-0.05, 0) is 45.0 Å². The molecule has 0 aliphatic carbocycles. The monoisotopic (exact) mass is 494 g/mol. The second kappa shape index (κ2) is 10.5. The van der Waals surface area contributed by atoms with Gasteiger partial charge >= 0.3 is 0 Å². The summed E-state index contributed by atoms with van der Waals surface area (Å²) in [6.45, 7) is 7.56. The number of para-hydroxylation sites is 1. The largest absolute Gasteiger partial charge is 0.292 e. The van der Waals surface area contributed by atoms with Gasteiger partial charge in [0.25, 0.3) is 5.91 Å². The van der Waals surface area contributed by atoms with Gasteiger partial charge in [0, 0.05) is 31.7 Å². The molecule has 0 bridgehead atoms. The lowest BCUT2D eigenvalue weighted by atomic mass is 10.2. The van der Waals surface area contributed by atoms with Gasteiger partial charge in [-0.3, -0.25) is 9.69 Å². The number of piperazine rings is 1. The molecule has 10 heteroatoms. The van der Waals surface area contributed by atoms with Crippen LogP contribution in [0, 0.1) is 20.8 Å². The zero-order chi connectivity index (χ0) is 25.0. The van der Waals surface area contributed by atoms with Crippen molar-refractivity contribution >= 4 is 22.1 Å². The Morgan fingerprint density at radius 1 is 1.00 bits per heavy atom. The SMILES string of the molecule is Cc1ccc(S(=O)(=O)N2CCN(CC(=O)NN=Cc3c(C)nn(-c4ccccc4)c3C)CC2)cc1. The van der Waals surface area contributed by atoms with Crippen molar-refractivity contribution in [3.05, 3.63) is 77.1 Å². The van der Waals surface area contributed by atoms with Gasteiger partial charge in [-0.15, -0.1) is 0 Å². The van der Waals surface area contributed by atoms with Crippen LogP contribution >= 0.6 is 0 Å². The van der Waals surface area contributed by atoms with Gasteiger partial charge in [-0.1, -0.05) is 35.9 Å². The summed E-state index contributed by atoms with van der Waals surface area (Å²) in [6.07, 6.45) is 1.61. The molecule has 0 atom stereocenters. The molecule has 9 nitrogen and oxygen atoms in total. The predicted octanol–water partition coefficient (Wildman–Crippen LogP) is 2.25. The number of hydrogen-bond acceptors (Lipinski definition) is 6. The fraction of sp³-hybridized carbons (Fsp3) is 0.320. The van der Waals surface area contributed by atoms with Crippen molar-refractivity contribution in [2.24, 2.45) is 5.10 Å². The van der Waals surface area contributed by atoms with Gasteiger partial charge in [0.05, 0.1) is 34.7 Å². The second-order valence-corrected chi connectivity index (χ2v) is 10.6. The molecule has 1 aliphatic heterocycles. The fourth-order valence-corrected chi connectivity index (χ4v) is 5.48. The zero-order valence-electron chi connectivity index (χ0n) is 20.2. The van der Waals surface area contributed by atoms with E-state index in [1.165, 1.54) is 4.31 Å². The first kappa shape index (κ1) is 24.8. The Bertz CT molecular complexity index is 1310. The molecule has 4 rings (SSSR count). The molecule has 1 N–H and O–H groups in total. The number of carbonyl (C=O) groups excluding carboxylic acids is 1. The normalized spacial score (nSPS) is 15.5. The number of rotatable bonds is 7. The number of benzene rings is 2. The number of aryl methyl sites for hydroxylation is 2. The van der Waals surface area contributed by atoms with E-state index in [0.717, 1.165) is 28.2 Å². The molecule has 1 aliphatic rings. The highest BCUT2D eigenvalue weighted by Crippen LogP contribution is 2.18. The summed E-state index contributed by atoms with van der Waals surface area (Å²) >= 11 is 0. The Labute approximate surface area is 206 Å². The maximum absolute atomic E-state index is 12.9. The minimum Gasteiger partial charge on any atom is -0.292 e. The summed E-state index contributed by atoms with van der Waals surface area (Å²) in [4.78, 5) is 14.6. The van der Waals surface area contributed by atoms with Crippen LogP contribution in [0.15, 0.2) is 64.6 Å². The molecule has 1 amide bonds. The summed E-state index contributed by atoms with van der Waals surface area (Å²) in [5.74, 6) is -0.248. The molecule has 2 aromatic carbocycles. The van der Waals surface area contributed by atoms with Crippen LogP contribution in [-0.2, 0) is 14.8 Å². The minimum atomic E-state index is -3.53.